The number of benzene rings is 2. The summed E-state index contributed by atoms with van der Waals surface area (Å²) < 4.78 is 11.2. The van der Waals surface area contributed by atoms with Crippen LogP contribution in [0.4, 0.5) is 0 Å². The van der Waals surface area contributed by atoms with E-state index in [1.807, 2.05) is 81.4 Å². The molecule has 1 amide bonds. The Morgan fingerprint density at radius 1 is 0.860 bits per heavy atom. The summed E-state index contributed by atoms with van der Waals surface area (Å²) in [6, 6.07) is 19.1. The smallest absolute Gasteiger partial charge is 0.218 e. The molecule has 43 heavy (non-hydrogen) atoms. The van der Waals surface area contributed by atoms with Gasteiger partial charge in [0.05, 0.1) is 35.7 Å². The number of nitrogens with zero attached hydrogens (tertiary/aromatic N) is 2. The zero-order valence-corrected chi connectivity index (χ0v) is 26.9. The minimum atomic E-state index is -0.284. The Hall–Kier alpha value is -3.65. The zero-order chi connectivity index (χ0) is 31.3. The van der Waals surface area contributed by atoms with Crippen LogP contribution < -0.4 is 20.5 Å². The molecule has 0 radical (unpaired) electrons. The molecule has 3 N–H and O–H groups in total. The molecule has 0 fully saturated rings. The number of carbonyl (C=O) groups excluding carboxylic acids is 1. The van der Waals surface area contributed by atoms with Crippen LogP contribution >= 0.6 is 23.2 Å². The van der Waals surface area contributed by atoms with Crippen LogP contribution in [0.3, 0.4) is 0 Å². The Labute approximate surface area is 263 Å². The average molecular weight is 622 g/mol. The van der Waals surface area contributed by atoms with Crippen molar-refractivity contribution in [2.75, 3.05) is 14.2 Å². The molecule has 4 aromatic rings. The first-order valence-electron chi connectivity index (χ1n) is 14.2. The predicted octanol–water partition coefficient (Wildman–Crippen LogP) is 8.06. The van der Waals surface area contributed by atoms with Crippen LogP contribution in [0, 0.1) is 0 Å². The number of methoxy groups -OCH3 is 2. The molecule has 7 nitrogen and oxygen atoms in total. The Balaban J connectivity index is 1.65. The fourth-order valence-corrected chi connectivity index (χ4v) is 5.88. The second-order valence-electron chi connectivity index (χ2n) is 11.2. The number of aromatic nitrogens is 2. The molecule has 0 spiro atoms. The minimum Gasteiger partial charge on any atom is -0.481 e. The summed E-state index contributed by atoms with van der Waals surface area (Å²) in [7, 11) is 3.19. The molecule has 0 saturated carbocycles. The second kappa shape index (κ2) is 13.8. The standard InChI is InChI=1S/C34H38Cl2N4O3/c1-20(37)23-16-18-29(39-33(23)43-6)27-14-8-12-25(31(27)36)24-11-7-13-26(30(24)35)28-17-15-22(32(38-28)42-5)10-9-19-34(3,4)40-21(2)41/h7-8,11-18,20H,9-10,19,37H2,1-6H3,(H,40,41)/t20-/m0/s1. The number of rotatable bonds is 11. The average Bonchev–Trinajstić information content (AvgIpc) is 2.96. The van der Waals surface area contributed by atoms with Crippen molar-refractivity contribution in [3.8, 4) is 45.4 Å². The van der Waals surface area contributed by atoms with Gasteiger partial charge in [-0.3, -0.25) is 4.79 Å². The van der Waals surface area contributed by atoms with Crippen molar-refractivity contribution in [1.29, 1.82) is 0 Å². The minimum absolute atomic E-state index is 0.0338. The van der Waals surface area contributed by atoms with E-state index in [0.717, 1.165) is 52.6 Å². The van der Waals surface area contributed by atoms with E-state index in [1.54, 1.807) is 14.2 Å². The van der Waals surface area contributed by atoms with Gasteiger partial charge in [-0.1, -0.05) is 65.7 Å². The molecule has 0 unspecified atom stereocenters. The number of nitrogens with two attached hydrogens (primary N) is 1. The summed E-state index contributed by atoms with van der Waals surface area (Å²) in [5.74, 6) is 0.981. The van der Waals surface area contributed by atoms with E-state index in [4.69, 9.17) is 43.4 Å². The summed E-state index contributed by atoms with van der Waals surface area (Å²) in [6.45, 7) is 7.47. The van der Waals surface area contributed by atoms with Crippen LogP contribution in [0.15, 0.2) is 60.7 Å². The van der Waals surface area contributed by atoms with E-state index in [-0.39, 0.29) is 17.5 Å². The largest absolute Gasteiger partial charge is 0.481 e. The van der Waals surface area contributed by atoms with Crippen LogP contribution in [0.25, 0.3) is 33.6 Å². The van der Waals surface area contributed by atoms with Gasteiger partial charge in [-0.2, -0.15) is 0 Å². The Morgan fingerprint density at radius 3 is 1.88 bits per heavy atom. The second-order valence-corrected chi connectivity index (χ2v) is 12.0. The first-order chi connectivity index (χ1) is 20.5. The van der Waals surface area contributed by atoms with Crippen molar-refractivity contribution in [2.24, 2.45) is 5.73 Å². The van der Waals surface area contributed by atoms with Crippen molar-refractivity contribution in [3.05, 3.63) is 81.8 Å². The summed E-state index contributed by atoms with van der Waals surface area (Å²) in [6.07, 6.45) is 2.45. The lowest BCUT2D eigenvalue weighted by Crippen LogP contribution is -2.42. The lowest BCUT2D eigenvalue weighted by molar-refractivity contribution is -0.120. The summed E-state index contributed by atoms with van der Waals surface area (Å²) >= 11 is 14.0. The fourth-order valence-electron chi connectivity index (χ4n) is 5.23. The first-order valence-corrected chi connectivity index (χ1v) is 14.9. The number of ether oxygens (including phenoxy) is 2. The maximum absolute atomic E-state index is 11.5. The van der Waals surface area contributed by atoms with Gasteiger partial charge in [0.2, 0.25) is 17.7 Å². The number of aryl methyl sites for hydroxylation is 1. The third-order valence-electron chi connectivity index (χ3n) is 7.31. The first kappa shape index (κ1) is 32.3. The van der Waals surface area contributed by atoms with Gasteiger partial charge in [-0.05, 0) is 58.2 Å². The van der Waals surface area contributed by atoms with E-state index in [2.05, 4.69) is 10.3 Å². The van der Waals surface area contributed by atoms with Crippen molar-refractivity contribution in [1.82, 2.24) is 15.3 Å². The molecule has 0 aliphatic rings. The maximum Gasteiger partial charge on any atom is 0.218 e. The van der Waals surface area contributed by atoms with Crippen LogP contribution in [0.1, 0.15) is 57.7 Å². The number of nitrogens with one attached hydrogen (secondary N) is 1. The van der Waals surface area contributed by atoms with E-state index >= 15 is 0 Å². The fraction of sp³-hybridized carbons (Fsp3) is 0.324. The Bertz CT molecular complexity index is 1620. The number of pyridine rings is 2. The molecule has 1 atom stereocenters. The summed E-state index contributed by atoms with van der Waals surface area (Å²) in [4.78, 5) is 21.0. The topological polar surface area (TPSA) is 99.4 Å². The molecule has 226 valence electrons. The number of carbonyl (C=O) groups is 1. The third-order valence-corrected chi connectivity index (χ3v) is 8.12. The van der Waals surface area contributed by atoms with E-state index in [1.165, 1.54) is 6.92 Å². The highest BCUT2D eigenvalue weighted by Crippen LogP contribution is 2.42. The summed E-state index contributed by atoms with van der Waals surface area (Å²) in [5.41, 5.74) is 12.0. The van der Waals surface area contributed by atoms with Gasteiger partial charge in [0.1, 0.15) is 0 Å². The maximum atomic E-state index is 11.5. The molecule has 2 aromatic heterocycles. The van der Waals surface area contributed by atoms with Crippen molar-refractivity contribution >= 4 is 29.1 Å². The Kier molecular flexibility index (Phi) is 10.3. The number of hydrogen-bond donors (Lipinski definition) is 2. The van der Waals surface area contributed by atoms with Crippen LogP contribution in [-0.2, 0) is 11.2 Å². The molecule has 0 aliphatic carbocycles. The van der Waals surface area contributed by atoms with Crippen molar-refractivity contribution in [2.45, 2.75) is 58.5 Å². The van der Waals surface area contributed by atoms with Crippen LogP contribution in [0.5, 0.6) is 11.8 Å². The number of hydrogen-bond acceptors (Lipinski definition) is 6. The molecule has 0 aliphatic heterocycles. The monoisotopic (exact) mass is 620 g/mol. The van der Waals surface area contributed by atoms with E-state index < -0.39 is 0 Å². The zero-order valence-electron chi connectivity index (χ0n) is 25.4. The quantitative estimate of drug-likeness (QED) is 0.176. The van der Waals surface area contributed by atoms with Gasteiger partial charge in [0.25, 0.3) is 0 Å². The molecular formula is C34H38Cl2N4O3. The van der Waals surface area contributed by atoms with Gasteiger partial charge in [-0.15, -0.1) is 0 Å². The molecule has 2 heterocycles. The molecule has 9 heteroatoms. The van der Waals surface area contributed by atoms with E-state index in [9.17, 15) is 4.79 Å². The molecule has 2 aromatic carbocycles. The lowest BCUT2D eigenvalue weighted by Gasteiger charge is -2.25. The van der Waals surface area contributed by atoms with Gasteiger partial charge in [0.15, 0.2) is 0 Å². The number of halogens is 2. The SMILES string of the molecule is COc1nc(-c2cccc(-c3cccc(-c4ccc([C@H](C)N)c(OC)n4)c3Cl)c2Cl)ccc1CCCC(C)(C)NC(C)=O. The molecule has 4 rings (SSSR count). The third kappa shape index (κ3) is 7.47. The highest BCUT2D eigenvalue weighted by atomic mass is 35.5. The van der Waals surface area contributed by atoms with Gasteiger partial charge < -0.3 is 20.5 Å². The van der Waals surface area contributed by atoms with Crippen molar-refractivity contribution < 1.29 is 14.3 Å². The van der Waals surface area contributed by atoms with Crippen molar-refractivity contribution in [3.63, 3.8) is 0 Å². The van der Waals surface area contributed by atoms with E-state index in [0.29, 0.717) is 33.2 Å². The predicted molar refractivity (Wildman–Crippen MR) is 175 cm³/mol. The number of amides is 1. The van der Waals surface area contributed by atoms with Gasteiger partial charge in [0, 0.05) is 51.9 Å². The Morgan fingerprint density at radius 2 is 1.37 bits per heavy atom. The molecule has 0 saturated heterocycles. The van der Waals surface area contributed by atoms with Crippen LogP contribution in [-0.4, -0.2) is 35.6 Å². The normalized spacial score (nSPS) is 12.1. The highest BCUT2D eigenvalue weighted by molar-refractivity contribution is 6.39. The molecule has 0 bridgehead atoms. The highest BCUT2D eigenvalue weighted by Gasteiger charge is 2.20. The van der Waals surface area contributed by atoms with Gasteiger partial charge >= 0.3 is 0 Å². The van der Waals surface area contributed by atoms with Gasteiger partial charge in [-0.25, -0.2) is 9.97 Å². The molecular weight excluding hydrogens is 583 g/mol. The lowest BCUT2D eigenvalue weighted by atomic mass is 9.95. The summed E-state index contributed by atoms with van der Waals surface area (Å²) in [5, 5.41) is 4.04. The van der Waals surface area contributed by atoms with Crippen LogP contribution in [0.2, 0.25) is 10.0 Å².